The lowest BCUT2D eigenvalue weighted by molar-refractivity contribution is -0.141. The van der Waals surface area contributed by atoms with Gasteiger partial charge in [-0.05, 0) is 26.7 Å². The van der Waals surface area contributed by atoms with Crippen molar-refractivity contribution >= 4 is 21.9 Å². The molecule has 0 saturated carbocycles. The highest BCUT2D eigenvalue weighted by Crippen LogP contribution is 2.22. The monoisotopic (exact) mass is 320 g/mol. The molecule has 0 aliphatic carbocycles. The number of amides is 1. The van der Waals surface area contributed by atoms with Crippen LogP contribution < -0.4 is 0 Å². The van der Waals surface area contributed by atoms with E-state index in [4.69, 9.17) is 5.11 Å². The molecule has 0 radical (unpaired) electrons. The maximum Gasteiger partial charge on any atom is 0.305 e. The van der Waals surface area contributed by atoms with Gasteiger partial charge in [-0.2, -0.15) is 4.31 Å². The van der Waals surface area contributed by atoms with Gasteiger partial charge in [0.1, 0.15) is 6.04 Å². The second-order valence-corrected chi connectivity index (χ2v) is 7.59. The fraction of sp³-hybridized carbons (Fsp3) is 0.846. The number of carbonyl (C=O) groups excluding carboxylic acids is 1. The quantitative estimate of drug-likeness (QED) is 0.769. The Hall–Kier alpha value is -1.15. The van der Waals surface area contributed by atoms with Crippen molar-refractivity contribution < 1.29 is 23.1 Å². The molecule has 1 rings (SSSR count). The van der Waals surface area contributed by atoms with Gasteiger partial charge in [-0.15, -0.1) is 0 Å². The second-order valence-electron chi connectivity index (χ2n) is 5.65. The molecule has 1 aliphatic heterocycles. The number of carboxylic acids is 1. The zero-order valence-electron chi connectivity index (χ0n) is 12.8. The third-order valence-electron chi connectivity index (χ3n) is 3.64. The van der Waals surface area contributed by atoms with Gasteiger partial charge in [0.05, 0.1) is 12.7 Å². The normalized spacial score (nSPS) is 20.5. The SMILES string of the molecule is CC(C)N(CCC(=O)O)C(=O)C1CCCCN1S(C)(=O)=O. The molecule has 122 valence electrons. The first kappa shape index (κ1) is 17.9. The molecule has 1 amide bonds. The van der Waals surface area contributed by atoms with Gasteiger partial charge >= 0.3 is 5.97 Å². The van der Waals surface area contributed by atoms with Gasteiger partial charge < -0.3 is 10.0 Å². The Morgan fingerprint density at radius 1 is 1.33 bits per heavy atom. The Balaban J connectivity index is 2.92. The van der Waals surface area contributed by atoms with E-state index in [9.17, 15) is 18.0 Å². The molecule has 0 spiro atoms. The molecule has 0 aromatic rings. The van der Waals surface area contributed by atoms with Crippen molar-refractivity contribution in [2.75, 3.05) is 19.3 Å². The van der Waals surface area contributed by atoms with Crippen LogP contribution in [0.15, 0.2) is 0 Å². The Kier molecular flexibility index (Phi) is 6.15. The van der Waals surface area contributed by atoms with E-state index >= 15 is 0 Å². The summed E-state index contributed by atoms with van der Waals surface area (Å²) in [5.74, 6) is -1.27. The van der Waals surface area contributed by atoms with Crippen LogP contribution in [0.5, 0.6) is 0 Å². The third kappa shape index (κ3) is 4.96. The van der Waals surface area contributed by atoms with Gasteiger partial charge in [0.2, 0.25) is 15.9 Å². The van der Waals surface area contributed by atoms with Gasteiger partial charge in [0.25, 0.3) is 0 Å². The fourth-order valence-corrected chi connectivity index (χ4v) is 3.70. The summed E-state index contributed by atoms with van der Waals surface area (Å²) in [5.41, 5.74) is 0. The van der Waals surface area contributed by atoms with Crippen LogP contribution in [0, 0.1) is 0 Å². The van der Waals surface area contributed by atoms with Crippen molar-refractivity contribution in [1.29, 1.82) is 0 Å². The molecular formula is C13H24N2O5S. The lowest BCUT2D eigenvalue weighted by Crippen LogP contribution is -2.54. The molecule has 1 aliphatic rings. The molecule has 1 N–H and O–H groups in total. The van der Waals surface area contributed by atoms with Crippen LogP contribution in [0.1, 0.15) is 39.5 Å². The molecular weight excluding hydrogens is 296 g/mol. The van der Waals surface area contributed by atoms with Crippen LogP contribution in [-0.2, 0) is 19.6 Å². The number of hydrogen-bond donors (Lipinski definition) is 1. The van der Waals surface area contributed by atoms with Crippen LogP contribution >= 0.6 is 0 Å². The van der Waals surface area contributed by atoms with E-state index in [0.717, 1.165) is 19.1 Å². The first-order valence-electron chi connectivity index (χ1n) is 7.13. The third-order valence-corrected chi connectivity index (χ3v) is 4.93. The number of rotatable bonds is 6. The molecule has 1 heterocycles. The lowest BCUT2D eigenvalue weighted by atomic mass is 10.0. The molecule has 21 heavy (non-hydrogen) atoms. The van der Waals surface area contributed by atoms with Crippen molar-refractivity contribution in [3.8, 4) is 0 Å². The van der Waals surface area contributed by atoms with E-state index in [-0.39, 0.29) is 24.9 Å². The first-order chi connectivity index (χ1) is 9.64. The van der Waals surface area contributed by atoms with E-state index in [1.165, 1.54) is 9.21 Å². The minimum Gasteiger partial charge on any atom is -0.481 e. The van der Waals surface area contributed by atoms with E-state index < -0.39 is 22.0 Å². The number of piperidine rings is 1. The Morgan fingerprint density at radius 3 is 2.43 bits per heavy atom. The number of nitrogens with zero attached hydrogens (tertiary/aromatic N) is 2. The van der Waals surface area contributed by atoms with E-state index in [2.05, 4.69) is 0 Å². The van der Waals surface area contributed by atoms with E-state index in [1.54, 1.807) is 13.8 Å². The minimum atomic E-state index is -3.44. The summed E-state index contributed by atoms with van der Waals surface area (Å²) >= 11 is 0. The molecule has 0 bridgehead atoms. The fourth-order valence-electron chi connectivity index (χ4n) is 2.58. The van der Waals surface area contributed by atoms with Gasteiger partial charge in [0.15, 0.2) is 0 Å². The smallest absolute Gasteiger partial charge is 0.305 e. The molecule has 7 nitrogen and oxygen atoms in total. The molecule has 1 atom stereocenters. The molecule has 0 aromatic carbocycles. The number of sulfonamides is 1. The molecule has 0 aromatic heterocycles. The van der Waals surface area contributed by atoms with Crippen LogP contribution in [0.25, 0.3) is 0 Å². The molecule has 1 unspecified atom stereocenters. The summed E-state index contributed by atoms with van der Waals surface area (Å²) in [6.45, 7) is 4.04. The maximum atomic E-state index is 12.6. The summed E-state index contributed by atoms with van der Waals surface area (Å²) in [5, 5.41) is 8.77. The molecule has 8 heteroatoms. The maximum absolute atomic E-state index is 12.6. The van der Waals surface area contributed by atoms with Crippen LogP contribution in [0.2, 0.25) is 0 Å². The summed E-state index contributed by atoms with van der Waals surface area (Å²) in [4.78, 5) is 24.8. The van der Waals surface area contributed by atoms with Gasteiger partial charge in [-0.3, -0.25) is 9.59 Å². The summed E-state index contributed by atoms with van der Waals surface area (Å²) in [7, 11) is -3.44. The number of carboxylic acid groups (broad SMARTS) is 1. The molecule has 1 saturated heterocycles. The average molecular weight is 320 g/mol. The minimum absolute atomic E-state index is 0.0972. The average Bonchev–Trinajstić information content (AvgIpc) is 2.37. The van der Waals surface area contributed by atoms with Gasteiger partial charge in [-0.1, -0.05) is 6.42 Å². The van der Waals surface area contributed by atoms with Crippen LogP contribution in [-0.4, -0.2) is 66.0 Å². The Bertz CT molecular complexity index is 489. The Morgan fingerprint density at radius 2 is 1.95 bits per heavy atom. The van der Waals surface area contributed by atoms with Gasteiger partial charge in [0, 0.05) is 19.1 Å². The van der Waals surface area contributed by atoms with Crippen molar-refractivity contribution in [3.63, 3.8) is 0 Å². The summed E-state index contributed by atoms with van der Waals surface area (Å²) in [6.07, 6.45) is 2.99. The number of aliphatic carboxylic acids is 1. The highest BCUT2D eigenvalue weighted by Gasteiger charge is 2.37. The van der Waals surface area contributed by atoms with E-state index in [0.29, 0.717) is 13.0 Å². The topological polar surface area (TPSA) is 95.0 Å². The summed E-state index contributed by atoms with van der Waals surface area (Å²) < 4.78 is 24.9. The summed E-state index contributed by atoms with van der Waals surface area (Å²) in [6, 6.07) is -0.870. The predicted octanol–water partition coefficient (Wildman–Crippen LogP) is 0.512. The largest absolute Gasteiger partial charge is 0.481 e. The second kappa shape index (κ2) is 7.22. The zero-order valence-corrected chi connectivity index (χ0v) is 13.6. The van der Waals surface area contributed by atoms with Crippen molar-refractivity contribution in [1.82, 2.24) is 9.21 Å². The van der Waals surface area contributed by atoms with Crippen molar-refractivity contribution in [2.45, 2.75) is 51.6 Å². The number of hydrogen-bond acceptors (Lipinski definition) is 4. The van der Waals surface area contributed by atoms with Crippen molar-refractivity contribution in [2.24, 2.45) is 0 Å². The van der Waals surface area contributed by atoms with Crippen LogP contribution in [0.4, 0.5) is 0 Å². The molecule has 1 fully saturated rings. The Labute approximate surface area is 126 Å². The first-order valence-corrected chi connectivity index (χ1v) is 8.98. The van der Waals surface area contributed by atoms with Crippen molar-refractivity contribution in [3.05, 3.63) is 0 Å². The van der Waals surface area contributed by atoms with Crippen LogP contribution in [0.3, 0.4) is 0 Å². The number of carbonyl (C=O) groups is 2. The lowest BCUT2D eigenvalue weighted by Gasteiger charge is -2.37. The van der Waals surface area contributed by atoms with Gasteiger partial charge in [-0.25, -0.2) is 8.42 Å². The highest BCUT2D eigenvalue weighted by molar-refractivity contribution is 7.88. The standard InChI is InChI=1S/C13H24N2O5S/c1-10(2)14(9-7-12(16)17)13(18)11-6-4-5-8-15(11)21(3,19)20/h10-11H,4-9H2,1-3H3,(H,16,17). The van der Waals surface area contributed by atoms with E-state index in [1.807, 2.05) is 0 Å². The zero-order chi connectivity index (χ0) is 16.2. The highest BCUT2D eigenvalue weighted by atomic mass is 32.2. The predicted molar refractivity (Wildman–Crippen MR) is 78.3 cm³/mol.